The molecule has 5 rings (SSSR count). The SMILES string of the molecule is CCNC(=O)Nc1ccc(-c2cc(N3CCOCC3)c3nc(N4CCOCC4)sc3c2)cc1. The lowest BCUT2D eigenvalue weighted by atomic mass is 10.0. The highest BCUT2D eigenvalue weighted by Gasteiger charge is 2.21. The van der Waals surface area contributed by atoms with Crippen molar-refractivity contribution in [2.75, 3.05) is 74.3 Å². The number of carbonyl (C=O) groups excluding carboxylic acids is 1. The van der Waals surface area contributed by atoms with Crippen molar-refractivity contribution < 1.29 is 14.3 Å². The molecule has 3 aromatic rings. The number of fused-ring (bicyclic) bond motifs is 1. The molecule has 33 heavy (non-hydrogen) atoms. The normalized spacial score (nSPS) is 16.8. The number of rotatable bonds is 5. The smallest absolute Gasteiger partial charge is 0.319 e. The van der Waals surface area contributed by atoms with Gasteiger partial charge in [0.15, 0.2) is 5.13 Å². The molecule has 2 fully saturated rings. The van der Waals surface area contributed by atoms with Crippen LogP contribution in [0.5, 0.6) is 0 Å². The Morgan fingerprint density at radius 1 is 0.970 bits per heavy atom. The van der Waals surface area contributed by atoms with Gasteiger partial charge < -0.3 is 29.9 Å². The Kier molecular flexibility index (Phi) is 6.61. The summed E-state index contributed by atoms with van der Waals surface area (Å²) in [6.45, 7) is 8.90. The average Bonchev–Trinajstić information content (AvgIpc) is 3.29. The molecule has 174 valence electrons. The summed E-state index contributed by atoms with van der Waals surface area (Å²) < 4.78 is 12.3. The first-order chi connectivity index (χ1) is 16.2. The number of anilines is 3. The number of urea groups is 1. The first kappa shape index (κ1) is 21.9. The Labute approximate surface area is 197 Å². The third kappa shape index (κ3) is 4.90. The molecule has 2 amide bonds. The van der Waals surface area contributed by atoms with E-state index in [2.05, 4.69) is 44.7 Å². The molecule has 2 aliphatic rings. The van der Waals surface area contributed by atoms with Gasteiger partial charge in [-0.15, -0.1) is 0 Å². The summed E-state index contributed by atoms with van der Waals surface area (Å²) in [7, 11) is 0. The minimum absolute atomic E-state index is 0.193. The maximum atomic E-state index is 11.8. The van der Waals surface area contributed by atoms with E-state index >= 15 is 0 Å². The second-order valence-corrected chi connectivity index (χ2v) is 9.11. The lowest BCUT2D eigenvalue weighted by molar-refractivity contribution is 0.122. The van der Waals surface area contributed by atoms with Crippen LogP contribution >= 0.6 is 11.3 Å². The topological polar surface area (TPSA) is 79.0 Å². The summed E-state index contributed by atoms with van der Waals surface area (Å²) in [5, 5.41) is 6.67. The van der Waals surface area contributed by atoms with Gasteiger partial charge in [0.2, 0.25) is 0 Å². The molecule has 0 atom stereocenters. The number of ether oxygens (including phenoxy) is 2. The molecule has 9 heteroatoms. The van der Waals surface area contributed by atoms with Crippen molar-refractivity contribution in [3.8, 4) is 11.1 Å². The van der Waals surface area contributed by atoms with Gasteiger partial charge in [-0.3, -0.25) is 0 Å². The molecular formula is C24H29N5O3S. The third-order valence-corrected chi connectivity index (χ3v) is 6.97. The number of benzene rings is 2. The molecule has 0 saturated carbocycles. The fourth-order valence-electron chi connectivity index (χ4n) is 4.18. The first-order valence-corrected chi connectivity index (χ1v) is 12.3. The van der Waals surface area contributed by atoms with Crippen LogP contribution in [0.15, 0.2) is 36.4 Å². The van der Waals surface area contributed by atoms with E-state index in [1.807, 2.05) is 19.1 Å². The lowest BCUT2D eigenvalue weighted by Crippen LogP contribution is -2.36. The summed E-state index contributed by atoms with van der Waals surface area (Å²) in [5.74, 6) is 0. The van der Waals surface area contributed by atoms with Gasteiger partial charge in [-0.05, 0) is 42.3 Å². The number of thiazole rings is 1. The highest BCUT2D eigenvalue weighted by Crippen LogP contribution is 2.39. The zero-order chi connectivity index (χ0) is 22.6. The van der Waals surface area contributed by atoms with Crippen LogP contribution < -0.4 is 20.4 Å². The number of morpholine rings is 2. The highest BCUT2D eigenvalue weighted by atomic mass is 32.1. The third-order valence-electron chi connectivity index (χ3n) is 5.91. The number of nitrogens with one attached hydrogen (secondary N) is 2. The predicted molar refractivity (Wildman–Crippen MR) is 134 cm³/mol. The van der Waals surface area contributed by atoms with Crippen molar-refractivity contribution in [1.82, 2.24) is 10.3 Å². The number of carbonyl (C=O) groups is 1. The molecule has 1 aromatic heterocycles. The molecule has 0 spiro atoms. The van der Waals surface area contributed by atoms with Crippen LogP contribution in [-0.2, 0) is 9.47 Å². The Bertz CT molecular complexity index is 1110. The van der Waals surface area contributed by atoms with Gasteiger partial charge >= 0.3 is 6.03 Å². The van der Waals surface area contributed by atoms with E-state index in [0.717, 1.165) is 85.8 Å². The maximum Gasteiger partial charge on any atom is 0.319 e. The number of nitrogens with zero attached hydrogens (tertiary/aromatic N) is 3. The lowest BCUT2D eigenvalue weighted by Gasteiger charge is -2.29. The van der Waals surface area contributed by atoms with E-state index in [0.29, 0.717) is 6.54 Å². The van der Waals surface area contributed by atoms with Gasteiger partial charge in [0.1, 0.15) is 5.52 Å². The highest BCUT2D eigenvalue weighted by molar-refractivity contribution is 7.22. The molecule has 0 aliphatic carbocycles. The Balaban J connectivity index is 1.49. The Morgan fingerprint density at radius 3 is 2.30 bits per heavy atom. The Hall–Kier alpha value is -2.88. The van der Waals surface area contributed by atoms with E-state index in [-0.39, 0.29) is 6.03 Å². The molecule has 2 saturated heterocycles. The fraction of sp³-hybridized carbons (Fsp3) is 0.417. The van der Waals surface area contributed by atoms with Gasteiger partial charge in [-0.25, -0.2) is 9.78 Å². The molecule has 2 aromatic carbocycles. The van der Waals surface area contributed by atoms with Crippen molar-refractivity contribution in [3.63, 3.8) is 0 Å². The number of aromatic nitrogens is 1. The minimum atomic E-state index is -0.193. The first-order valence-electron chi connectivity index (χ1n) is 11.5. The second-order valence-electron chi connectivity index (χ2n) is 8.10. The second kappa shape index (κ2) is 9.94. The van der Waals surface area contributed by atoms with Gasteiger partial charge in [0, 0.05) is 38.4 Å². The van der Waals surface area contributed by atoms with Crippen molar-refractivity contribution in [3.05, 3.63) is 36.4 Å². The summed E-state index contributed by atoms with van der Waals surface area (Å²) in [6, 6.07) is 12.3. The fourth-order valence-corrected chi connectivity index (χ4v) is 5.26. The zero-order valence-corrected chi connectivity index (χ0v) is 19.6. The Morgan fingerprint density at radius 2 is 1.64 bits per heavy atom. The zero-order valence-electron chi connectivity index (χ0n) is 18.8. The molecule has 0 unspecified atom stereocenters. The molecule has 3 heterocycles. The van der Waals surface area contributed by atoms with E-state index in [9.17, 15) is 4.79 Å². The molecule has 2 aliphatic heterocycles. The van der Waals surface area contributed by atoms with Crippen LogP contribution in [0.4, 0.5) is 21.3 Å². The average molecular weight is 468 g/mol. The number of hydrogen-bond donors (Lipinski definition) is 2. The van der Waals surface area contributed by atoms with E-state index < -0.39 is 0 Å². The van der Waals surface area contributed by atoms with E-state index in [4.69, 9.17) is 14.5 Å². The van der Waals surface area contributed by atoms with Crippen LogP contribution in [0.2, 0.25) is 0 Å². The van der Waals surface area contributed by atoms with Crippen LogP contribution in [0.3, 0.4) is 0 Å². The summed E-state index contributed by atoms with van der Waals surface area (Å²) in [4.78, 5) is 21.6. The summed E-state index contributed by atoms with van der Waals surface area (Å²) >= 11 is 1.74. The summed E-state index contributed by atoms with van der Waals surface area (Å²) in [5.41, 5.74) is 5.24. The van der Waals surface area contributed by atoms with Gasteiger partial charge in [0.25, 0.3) is 0 Å². The number of amides is 2. The van der Waals surface area contributed by atoms with Crippen molar-refractivity contribution in [1.29, 1.82) is 0 Å². The van der Waals surface area contributed by atoms with Crippen LogP contribution in [-0.4, -0.2) is 70.2 Å². The van der Waals surface area contributed by atoms with Crippen molar-refractivity contribution >= 4 is 44.1 Å². The molecule has 0 bridgehead atoms. The quantitative estimate of drug-likeness (QED) is 0.595. The van der Waals surface area contributed by atoms with E-state index in [1.165, 1.54) is 4.70 Å². The van der Waals surface area contributed by atoms with Gasteiger partial charge in [0.05, 0.1) is 36.8 Å². The van der Waals surface area contributed by atoms with Crippen molar-refractivity contribution in [2.24, 2.45) is 0 Å². The standard InChI is InChI=1S/C24H29N5O3S/c1-2-25-23(30)26-19-5-3-17(4-6-19)18-15-20(28-7-11-31-12-8-28)22-21(16-18)33-24(27-22)29-9-13-32-14-10-29/h3-6,15-16H,2,7-14H2,1H3,(H2,25,26,30). The molecule has 8 nitrogen and oxygen atoms in total. The van der Waals surface area contributed by atoms with Gasteiger partial charge in [-0.1, -0.05) is 23.5 Å². The molecular weight excluding hydrogens is 438 g/mol. The van der Waals surface area contributed by atoms with E-state index in [1.54, 1.807) is 11.3 Å². The van der Waals surface area contributed by atoms with Crippen LogP contribution in [0.25, 0.3) is 21.3 Å². The molecule has 2 N–H and O–H groups in total. The number of hydrogen-bond acceptors (Lipinski definition) is 7. The van der Waals surface area contributed by atoms with Crippen LogP contribution in [0, 0.1) is 0 Å². The maximum absolute atomic E-state index is 11.8. The predicted octanol–water partition coefficient (Wildman–Crippen LogP) is 3.78. The largest absolute Gasteiger partial charge is 0.378 e. The van der Waals surface area contributed by atoms with Gasteiger partial charge in [-0.2, -0.15) is 0 Å². The minimum Gasteiger partial charge on any atom is -0.378 e. The molecule has 0 radical (unpaired) electrons. The monoisotopic (exact) mass is 467 g/mol. The summed E-state index contributed by atoms with van der Waals surface area (Å²) in [6.07, 6.45) is 0. The van der Waals surface area contributed by atoms with Crippen molar-refractivity contribution in [2.45, 2.75) is 6.92 Å². The van der Waals surface area contributed by atoms with Crippen LogP contribution in [0.1, 0.15) is 6.92 Å².